The molecule has 0 aliphatic heterocycles. The van der Waals surface area contributed by atoms with E-state index < -0.39 is 0 Å². The summed E-state index contributed by atoms with van der Waals surface area (Å²) >= 11 is 6.26. The van der Waals surface area contributed by atoms with Gasteiger partial charge in [0.05, 0.1) is 0 Å². The van der Waals surface area contributed by atoms with Gasteiger partial charge in [-0.3, -0.25) is 4.98 Å². The van der Waals surface area contributed by atoms with E-state index in [1.807, 2.05) is 72.9 Å². The van der Waals surface area contributed by atoms with Crippen LogP contribution in [0.15, 0.2) is 103 Å². The normalized spacial score (nSPS) is 10.7. The maximum Gasteiger partial charge on any atom is 0.226 e. The topological polar surface area (TPSA) is 51.6 Å². The first-order valence-electron chi connectivity index (χ1n) is 9.84. The van der Waals surface area contributed by atoms with Crippen LogP contribution in [0.3, 0.4) is 0 Å². The summed E-state index contributed by atoms with van der Waals surface area (Å²) in [5, 5.41) is 0.168. The van der Waals surface area contributed by atoms with Crippen molar-refractivity contribution in [3.63, 3.8) is 0 Å². The summed E-state index contributed by atoms with van der Waals surface area (Å²) in [5.41, 5.74) is 6.12. The highest BCUT2D eigenvalue weighted by Crippen LogP contribution is 2.27. The van der Waals surface area contributed by atoms with Gasteiger partial charge in [-0.15, -0.1) is 0 Å². The predicted molar refractivity (Wildman–Crippen MR) is 124 cm³/mol. The van der Waals surface area contributed by atoms with Crippen molar-refractivity contribution in [3.8, 4) is 45.0 Å². The second-order valence-electron chi connectivity index (χ2n) is 7.02. The van der Waals surface area contributed by atoms with E-state index in [9.17, 15) is 0 Å². The van der Waals surface area contributed by atoms with Crippen LogP contribution in [0.4, 0.5) is 0 Å². The number of halogens is 1. The van der Waals surface area contributed by atoms with Crippen molar-refractivity contribution in [2.45, 2.75) is 0 Å². The van der Waals surface area contributed by atoms with Gasteiger partial charge in [0.15, 0.2) is 11.6 Å². The summed E-state index contributed by atoms with van der Waals surface area (Å²) in [7, 11) is 0. The molecule has 0 aliphatic rings. The molecule has 0 atom stereocenters. The van der Waals surface area contributed by atoms with Gasteiger partial charge >= 0.3 is 0 Å². The van der Waals surface area contributed by atoms with Crippen LogP contribution < -0.4 is 0 Å². The van der Waals surface area contributed by atoms with Crippen molar-refractivity contribution < 1.29 is 0 Å². The van der Waals surface area contributed by atoms with Crippen LogP contribution in [0.2, 0.25) is 5.28 Å². The van der Waals surface area contributed by atoms with Gasteiger partial charge in [0, 0.05) is 23.5 Å². The lowest BCUT2D eigenvalue weighted by Crippen LogP contribution is -1.97. The van der Waals surface area contributed by atoms with Crippen LogP contribution >= 0.6 is 11.6 Å². The zero-order valence-corrected chi connectivity index (χ0v) is 17.2. The zero-order chi connectivity index (χ0) is 21.0. The molecule has 148 valence electrons. The number of benzene rings is 3. The fourth-order valence-corrected chi connectivity index (χ4v) is 3.58. The van der Waals surface area contributed by atoms with Crippen molar-refractivity contribution in [2.24, 2.45) is 0 Å². The Morgan fingerprint density at radius 1 is 0.484 bits per heavy atom. The Bertz CT molecular complexity index is 1320. The van der Waals surface area contributed by atoms with E-state index in [1.165, 1.54) is 0 Å². The molecule has 2 aromatic heterocycles. The van der Waals surface area contributed by atoms with Gasteiger partial charge in [0.25, 0.3) is 0 Å². The van der Waals surface area contributed by atoms with Crippen molar-refractivity contribution in [1.82, 2.24) is 19.9 Å². The van der Waals surface area contributed by atoms with E-state index in [-0.39, 0.29) is 5.28 Å². The minimum absolute atomic E-state index is 0.168. The summed E-state index contributed by atoms with van der Waals surface area (Å²) in [4.78, 5) is 17.6. The zero-order valence-electron chi connectivity index (χ0n) is 16.5. The fourth-order valence-electron chi connectivity index (χ4n) is 3.42. The number of nitrogens with zero attached hydrogens (tertiary/aromatic N) is 4. The van der Waals surface area contributed by atoms with Gasteiger partial charge in [-0.05, 0) is 46.0 Å². The quantitative estimate of drug-likeness (QED) is 0.329. The molecule has 0 N–H and O–H groups in total. The molecule has 0 aliphatic carbocycles. The van der Waals surface area contributed by atoms with Gasteiger partial charge in [-0.25, -0.2) is 4.98 Å². The average molecular weight is 421 g/mol. The predicted octanol–water partition coefficient (Wildman–Crippen LogP) is 6.59. The highest BCUT2D eigenvalue weighted by atomic mass is 35.5. The minimum Gasteiger partial charge on any atom is -0.264 e. The second-order valence-corrected chi connectivity index (χ2v) is 7.36. The third-order valence-corrected chi connectivity index (χ3v) is 5.14. The summed E-state index contributed by atoms with van der Waals surface area (Å²) in [5.74, 6) is 1.09. The van der Waals surface area contributed by atoms with Gasteiger partial charge < -0.3 is 0 Å². The van der Waals surface area contributed by atoms with Gasteiger partial charge in [-0.2, -0.15) is 9.97 Å². The average Bonchev–Trinajstić information content (AvgIpc) is 2.85. The Morgan fingerprint density at radius 3 is 1.84 bits per heavy atom. The molecular weight excluding hydrogens is 404 g/mol. The Morgan fingerprint density at radius 2 is 1.10 bits per heavy atom. The molecule has 2 heterocycles. The largest absolute Gasteiger partial charge is 0.264 e. The Balaban J connectivity index is 1.50. The molecule has 5 rings (SSSR count). The number of hydrogen-bond acceptors (Lipinski definition) is 4. The highest BCUT2D eigenvalue weighted by Gasteiger charge is 2.11. The molecule has 4 nitrogen and oxygen atoms in total. The van der Waals surface area contributed by atoms with Crippen molar-refractivity contribution in [3.05, 3.63) is 109 Å². The molecule has 5 heteroatoms. The first kappa shape index (κ1) is 19.1. The van der Waals surface area contributed by atoms with Gasteiger partial charge in [0.2, 0.25) is 5.28 Å². The summed E-state index contributed by atoms with van der Waals surface area (Å²) in [6.07, 6.45) is 3.60. The molecule has 0 saturated carbocycles. The molecule has 3 aromatic carbocycles. The smallest absolute Gasteiger partial charge is 0.226 e. The monoisotopic (exact) mass is 420 g/mol. The summed E-state index contributed by atoms with van der Waals surface area (Å²) in [6.45, 7) is 0. The minimum atomic E-state index is 0.168. The molecule has 0 saturated heterocycles. The molecule has 0 amide bonds. The maximum absolute atomic E-state index is 6.26. The van der Waals surface area contributed by atoms with E-state index in [0.29, 0.717) is 11.6 Å². The lowest BCUT2D eigenvalue weighted by Gasteiger charge is -2.08. The Hall–Kier alpha value is -3.89. The molecule has 31 heavy (non-hydrogen) atoms. The number of rotatable bonds is 4. The second kappa shape index (κ2) is 8.46. The Kier molecular flexibility index (Phi) is 5.21. The van der Waals surface area contributed by atoms with Crippen LogP contribution in [0.5, 0.6) is 0 Å². The van der Waals surface area contributed by atoms with Crippen molar-refractivity contribution in [1.29, 1.82) is 0 Å². The van der Waals surface area contributed by atoms with E-state index in [2.05, 4.69) is 39.2 Å². The van der Waals surface area contributed by atoms with E-state index in [1.54, 1.807) is 6.20 Å². The fraction of sp³-hybridized carbons (Fsp3) is 0. The first-order chi connectivity index (χ1) is 15.3. The maximum atomic E-state index is 6.26. The van der Waals surface area contributed by atoms with Crippen molar-refractivity contribution >= 4 is 11.6 Å². The van der Waals surface area contributed by atoms with E-state index in [0.717, 1.165) is 33.4 Å². The molecular formula is C26H17ClN4. The van der Waals surface area contributed by atoms with E-state index in [4.69, 9.17) is 16.6 Å². The van der Waals surface area contributed by atoms with Crippen LogP contribution in [0, 0.1) is 0 Å². The lowest BCUT2D eigenvalue weighted by molar-refractivity contribution is 1.07. The van der Waals surface area contributed by atoms with Crippen LogP contribution in [0.25, 0.3) is 45.0 Å². The molecule has 0 fully saturated rings. The molecule has 5 aromatic rings. The molecule has 0 spiro atoms. The van der Waals surface area contributed by atoms with Crippen LogP contribution in [-0.2, 0) is 0 Å². The molecule has 0 bridgehead atoms. The number of pyridine rings is 1. The molecule has 0 radical (unpaired) electrons. The Labute approximate surface area is 185 Å². The number of aromatic nitrogens is 4. The highest BCUT2D eigenvalue weighted by molar-refractivity contribution is 6.28. The van der Waals surface area contributed by atoms with E-state index >= 15 is 0 Å². The molecule has 0 unspecified atom stereocenters. The lowest BCUT2D eigenvalue weighted by atomic mass is 10.0. The van der Waals surface area contributed by atoms with Crippen LogP contribution in [-0.4, -0.2) is 19.9 Å². The standard InChI is InChI=1S/C26H17ClN4/c27-26-30-24(20-13-11-19(12-14-20)23-10-5-15-28-17-23)29-25(31-26)22-9-4-8-21(16-22)18-6-2-1-3-7-18/h1-17H. The SMILES string of the molecule is Clc1nc(-c2ccc(-c3cccnc3)cc2)nc(-c2cccc(-c3ccccc3)c2)n1. The summed E-state index contributed by atoms with van der Waals surface area (Å²) in [6, 6.07) is 30.3. The van der Waals surface area contributed by atoms with Crippen molar-refractivity contribution in [2.75, 3.05) is 0 Å². The third-order valence-electron chi connectivity index (χ3n) is 4.97. The van der Waals surface area contributed by atoms with Gasteiger partial charge in [0.1, 0.15) is 0 Å². The first-order valence-corrected chi connectivity index (χ1v) is 10.2. The number of hydrogen-bond donors (Lipinski definition) is 0. The summed E-state index contributed by atoms with van der Waals surface area (Å²) < 4.78 is 0. The van der Waals surface area contributed by atoms with Crippen LogP contribution in [0.1, 0.15) is 0 Å². The van der Waals surface area contributed by atoms with Gasteiger partial charge in [-0.1, -0.05) is 78.9 Å². The third kappa shape index (κ3) is 4.20.